The van der Waals surface area contributed by atoms with Gasteiger partial charge in [0.1, 0.15) is 35.2 Å². The van der Waals surface area contributed by atoms with Gasteiger partial charge in [0.25, 0.3) is 12.3 Å². The predicted octanol–water partition coefficient (Wildman–Crippen LogP) is 7.11. The Morgan fingerprint density at radius 2 is 1.78 bits per heavy atom. The van der Waals surface area contributed by atoms with E-state index in [9.17, 15) is 30.8 Å². The fourth-order valence-electron chi connectivity index (χ4n) is 7.95. The minimum absolute atomic E-state index is 0.0575. The predicted molar refractivity (Wildman–Crippen MR) is 187 cm³/mol. The summed E-state index contributed by atoms with van der Waals surface area (Å²) >= 11 is 6.58. The van der Waals surface area contributed by atoms with Crippen LogP contribution in [0.3, 0.4) is 0 Å². The highest BCUT2D eigenvalue weighted by Gasteiger charge is 2.71. The van der Waals surface area contributed by atoms with Gasteiger partial charge in [-0.2, -0.15) is 19.0 Å². The second-order valence-electron chi connectivity index (χ2n) is 13.7. The molecule has 282 valence electrons. The van der Waals surface area contributed by atoms with E-state index in [1.54, 1.807) is 38.4 Å². The van der Waals surface area contributed by atoms with Gasteiger partial charge in [-0.3, -0.25) is 18.9 Å². The molecule has 11 nitrogen and oxygen atoms in total. The molecule has 2 aliphatic rings. The van der Waals surface area contributed by atoms with E-state index in [0.29, 0.717) is 38.4 Å². The van der Waals surface area contributed by atoms with Gasteiger partial charge in [0.15, 0.2) is 5.82 Å². The van der Waals surface area contributed by atoms with Crippen molar-refractivity contribution in [1.29, 1.82) is 0 Å². The largest absolute Gasteiger partial charge is 0.346 e. The van der Waals surface area contributed by atoms with Crippen LogP contribution in [-0.4, -0.2) is 50.1 Å². The van der Waals surface area contributed by atoms with Crippen molar-refractivity contribution in [2.75, 3.05) is 11.0 Å². The molecule has 1 fully saturated rings. The molecule has 4 heterocycles. The highest BCUT2D eigenvalue weighted by atomic mass is 35.5. The normalized spacial score (nSPS) is 19.4. The van der Waals surface area contributed by atoms with E-state index in [0.717, 1.165) is 18.4 Å². The van der Waals surface area contributed by atoms with Gasteiger partial charge >= 0.3 is 0 Å². The van der Waals surface area contributed by atoms with Crippen LogP contribution < -0.4 is 10.0 Å². The number of rotatable bonds is 10. The highest BCUT2D eigenvalue weighted by molar-refractivity contribution is 7.92. The second-order valence-corrected chi connectivity index (χ2v) is 15.9. The van der Waals surface area contributed by atoms with Crippen LogP contribution in [0.25, 0.3) is 33.1 Å². The molecule has 19 heteroatoms. The molecule has 8 rings (SSSR count). The summed E-state index contributed by atoms with van der Waals surface area (Å²) < 4.78 is 117. The van der Waals surface area contributed by atoms with E-state index in [2.05, 4.69) is 25.2 Å². The minimum atomic E-state index is -3.80. The molecule has 0 aliphatic heterocycles. The molecule has 1 unspecified atom stereocenters. The SMILES string of the molecule is C[C@@H]1[C@@H]2c3c(C(F)F)nn(CC(=O)NC(Cc4cc(F)cc(F)c4)c4nc5[nH]ccc5cc4-c4ccc(Cl)c5c(NS(C)(=O)=O)nn(C)c45)c3C(F)(F)[C@H]12. The summed E-state index contributed by atoms with van der Waals surface area (Å²) in [5, 5.41) is 11.9. The lowest BCUT2D eigenvalue weighted by Crippen LogP contribution is -2.35. The number of aromatic amines is 1. The number of carbonyl (C=O) groups is 1. The lowest BCUT2D eigenvalue weighted by Gasteiger charge is -2.23. The third-order valence-electron chi connectivity index (χ3n) is 10.1. The number of anilines is 1. The number of aromatic nitrogens is 6. The first kappa shape index (κ1) is 35.9. The average Bonchev–Trinajstić information content (AvgIpc) is 3.43. The van der Waals surface area contributed by atoms with E-state index in [-0.39, 0.29) is 39.5 Å². The standard InChI is InChI=1S/C35H29ClF6N8O3S/c1-14-24-26-29(32(39)40)46-50(31(26)35(41,42)27(14)24)13-23(51)44-22(10-15-8-17(37)12-18(38)9-15)28-20(11-16-6-7-43-33(16)45-28)19-4-5-21(36)25-30(19)49(2)47-34(25)48-54(3,52)53/h4-9,11-12,14,22,24,27,32H,10,13H2,1-3H3,(H,43,45)(H,44,51)(H,47,48)/t14-,22?,24-,27-/m1/s1. The van der Waals surface area contributed by atoms with Crippen LogP contribution in [0.2, 0.25) is 5.02 Å². The van der Waals surface area contributed by atoms with E-state index in [1.165, 1.54) is 10.7 Å². The van der Waals surface area contributed by atoms with Crippen molar-refractivity contribution in [3.8, 4) is 11.1 Å². The number of carbonyl (C=O) groups excluding carboxylic acids is 1. The summed E-state index contributed by atoms with van der Waals surface area (Å²) in [6.45, 7) is 0.680. The first-order valence-electron chi connectivity index (χ1n) is 16.6. The second kappa shape index (κ2) is 12.5. The molecule has 4 aromatic heterocycles. The fraction of sp³-hybridized carbons (Fsp3) is 0.314. The Balaban J connectivity index is 1.26. The number of aryl methyl sites for hydroxylation is 1. The number of nitrogens with one attached hydrogen (secondary N) is 3. The third-order valence-corrected chi connectivity index (χ3v) is 10.9. The summed E-state index contributed by atoms with van der Waals surface area (Å²) in [6, 6.07) is 8.16. The molecule has 2 aliphatic carbocycles. The Hall–Kier alpha value is -5.10. The molecule has 1 amide bonds. The van der Waals surface area contributed by atoms with Gasteiger partial charge in [0.2, 0.25) is 15.9 Å². The smallest absolute Gasteiger partial charge is 0.293 e. The molecule has 6 aromatic rings. The maximum atomic E-state index is 15.6. The van der Waals surface area contributed by atoms with Crippen LogP contribution in [-0.2, 0) is 40.8 Å². The number of halogens is 7. The Labute approximate surface area is 307 Å². The zero-order valence-corrected chi connectivity index (χ0v) is 30.0. The fourth-order valence-corrected chi connectivity index (χ4v) is 8.68. The molecule has 3 N–H and O–H groups in total. The topological polar surface area (TPSA) is 140 Å². The van der Waals surface area contributed by atoms with E-state index >= 15 is 8.78 Å². The van der Waals surface area contributed by atoms with Crippen molar-refractivity contribution in [2.45, 2.75) is 44.2 Å². The number of fused-ring (bicyclic) bond motifs is 5. The molecule has 0 bridgehead atoms. The van der Waals surface area contributed by atoms with E-state index in [4.69, 9.17) is 16.6 Å². The first-order chi connectivity index (χ1) is 25.4. The zero-order chi connectivity index (χ0) is 38.6. The lowest BCUT2D eigenvalue weighted by molar-refractivity contribution is -0.123. The van der Waals surface area contributed by atoms with Gasteiger partial charge in [-0.15, -0.1) is 0 Å². The number of hydrogen-bond acceptors (Lipinski definition) is 6. The third kappa shape index (κ3) is 5.95. The van der Waals surface area contributed by atoms with Gasteiger partial charge < -0.3 is 10.3 Å². The molecular weight excluding hydrogens is 762 g/mol. The number of amides is 1. The van der Waals surface area contributed by atoms with Gasteiger partial charge in [-0.25, -0.2) is 31.0 Å². The molecule has 0 spiro atoms. The number of nitrogens with zero attached hydrogens (tertiary/aromatic N) is 5. The van der Waals surface area contributed by atoms with Gasteiger partial charge in [0.05, 0.1) is 33.9 Å². The summed E-state index contributed by atoms with van der Waals surface area (Å²) in [5.74, 6) is -8.79. The van der Waals surface area contributed by atoms with E-state index in [1.807, 2.05) is 0 Å². The van der Waals surface area contributed by atoms with Crippen LogP contribution >= 0.6 is 11.6 Å². The zero-order valence-electron chi connectivity index (χ0n) is 28.4. The molecule has 0 radical (unpaired) electrons. The van der Waals surface area contributed by atoms with Crippen molar-refractivity contribution in [1.82, 2.24) is 34.8 Å². The van der Waals surface area contributed by atoms with Crippen LogP contribution in [0.15, 0.2) is 48.7 Å². The molecule has 1 saturated carbocycles. The summed E-state index contributed by atoms with van der Waals surface area (Å²) in [5.41, 5.74) is -0.0295. The molecule has 54 heavy (non-hydrogen) atoms. The number of sulfonamides is 1. The Morgan fingerprint density at radius 3 is 2.46 bits per heavy atom. The number of pyridine rings is 1. The molecule has 2 aromatic carbocycles. The Bertz CT molecular complexity index is 2620. The summed E-state index contributed by atoms with van der Waals surface area (Å²) in [7, 11) is -2.24. The van der Waals surface area contributed by atoms with Crippen molar-refractivity contribution >= 4 is 55.3 Å². The van der Waals surface area contributed by atoms with Gasteiger partial charge in [-0.1, -0.05) is 24.6 Å². The number of alkyl halides is 4. The van der Waals surface area contributed by atoms with Crippen molar-refractivity contribution < 1.29 is 39.6 Å². The maximum Gasteiger partial charge on any atom is 0.293 e. The molecule has 4 atom stereocenters. The van der Waals surface area contributed by atoms with Gasteiger partial charge in [-0.05, 0) is 48.2 Å². The molecular formula is C35H29ClF6N8O3S. The molecule has 0 saturated heterocycles. The minimum Gasteiger partial charge on any atom is -0.346 e. The van der Waals surface area contributed by atoms with E-state index < -0.39 is 81.6 Å². The van der Waals surface area contributed by atoms with Crippen LogP contribution in [0, 0.1) is 23.5 Å². The number of hydrogen-bond donors (Lipinski definition) is 3. The number of H-pyrrole nitrogens is 1. The first-order valence-corrected chi connectivity index (χ1v) is 18.8. The Kier molecular flexibility index (Phi) is 8.29. The Morgan fingerprint density at radius 1 is 1.06 bits per heavy atom. The average molecular weight is 791 g/mol. The summed E-state index contributed by atoms with van der Waals surface area (Å²) in [4.78, 5) is 21.7. The van der Waals surface area contributed by atoms with Crippen molar-refractivity contribution in [3.63, 3.8) is 0 Å². The monoisotopic (exact) mass is 790 g/mol. The van der Waals surface area contributed by atoms with Crippen molar-refractivity contribution in [3.05, 3.63) is 93.5 Å². The van der Waals surface area contributed by atoms with Gasteiger partial charge in [0, 0.05) is 53.2 Å². The van der Waals surface area contributed by atoms with Crippen molar-refractivity contribution in [2.24, 2.45) is 18.9 Å². The summed E-state index contributed by atoms with van der Waals surface area (Å²) in [6.07, 6.45) is -0.864. The van der Waals surface area contributed by atoms with Crippen LogP contribution in [0.1, 0.15) is 53.5 Å². The quantitative estimate of drug-likeness (QED) is 0.127. The van der Waals surface area contributed by atoms with Crippen LogP contribution in [0.5, 0.6) is 0 Å². The van der Waals surface area contributed by atoms with Crippen LogP contribution in [0.4, 0.5) is 32.2 Å². The highest BCUT2D eigenvalue weighted by Crippen LogP contribution is 2.71. The number of benzene rings is 2. The maximum absolute atomic E-state index is 15.6. The lowest BCUT2D eigenvalue weighted by atomic mass is 9.93.